The van der Waals surface area contributed by atoms with E-state index in [0.717, 1.165) is 43.1 Å². The van der Waals surface area contributed by atoms with Crippen molar-refractivity contribution in [1.29, 1.82) is 0 Å². The summed E-state index contributed by atoms with van der Waals surface area (Å²) in [6.07, 6.45) is 2.70. The first-order valence-electron chi connectivity index (χ1n) is 9.34. The minimum absolute atomic E-state index is 0.110. The molecule has 4 aliphatic heterocycles. The maximum absolute atomic E-state index is 12.8. The fraction of sp³-hybridized carbons (Fsp3) is 0.611. The van der Waals surface area contributed by atoms with Gasteiger partial charge in [0.15, 0.2) is 0 Å². The molecule has 4 aliphatic rings. The highest BCUT2D eigenvalue weighted by atomic mass is 16.2. The molecule has 1 atom stereocenters. The second-order valence-corrected chi connectivity index (χ2v) is 7.56. The number of fused-ring (bicyclic) bond motifs is 4. The Labute approximate surface area is 147 Å². The van der Waals surface area contributed by atoms with Crippen molar-refractivity contribution in [2.75, 3.05) is 45.8 Å². The number of rotatable bonds is 2. The summed E-state index contributed by atoms with van der Waals surface area (Å²) in [5, 5.41) is 10.7. The third kappa shape index (κ3) is 2.71. The van der Waals surface area contributed by atoms with Crippen LogP contribution in [0.4, 0.5) is 0 Å². The largest absolute Gasteiger partial charge is 0.336 e. The van der Waals surface area contributed by atoms with Crippen LogP contribution in [-0.2, 0) is 0 Å². The molecule has 4 fully saturated rings. The molecule has 1 aromatic carbocycles. The lowest BCUT2D eigenvalue weighted by molar-refractivity contribution is -0.0131. The van der Waals surface area contributed by atoms with E-state index >= 15 is 0 Å². The van der Waals surface area contributed by atoms with Gasteiger partial charge >= 0.3 is 0 Å². The molecule has 2 bridgehead atoms. The van der Waals surface area contributed by atoms with Crippen molar-refractivity contribution in [3.8, 4) is 0 Å². The number of carbonyl (C=O) groups is 1. The number of amides is 1. The van der Waals surface area contributed by atoms with Crippen LogP contribution in [0.2, 0.25) is 0 Å². The van der Waals surface area contributed by atoms with Crippen molar-refractivity contribution >= 4 is 16.9 Å². The van der Waals surface area contributed by atoms with Gasteiger partial charge in [-0.25, -0.2) is 0 Å². The van der Waals surface area contributed by atoms with Crippen LogP contribution in [0.3, 0.4) is 0 Å². The number of aromatic nitrogens is 3. The van der Waals surface area contributed by atoms with Crippen LogP contribution in [-0.4, -0.2) is 87.9 Å². The molecular weight excluding hydrogens is 316 g/mol. The van der Waals surface area contributed by atoms with Crippen molar-refractivity contribution in [2.45, 2.75) is 18.9 Å². The van der Waals surface area contributed by atoms with E-state index in [0.29, 0.717) is 11.6 Å². The minimum Gasteiger partial charge on any atom is -0.336 e. The molecule has 0 saturated carbocycles. The van der Waals surface area contributed by atoms with Crippen LogP contribution >= 0.6 is 0 Å². The molecule has 7 nitrogen and oxygen atoms in total. The zero-order valence-electron chi connectivity index (χ0n) is 14.4. The molecule has 1 amide bonds. The molecule has 0 radical (unpaired) electrons. The highest BCUT2D eigenvalue weighted by molar-refractivity contribution is 5.97. The maximum Gasteiger partial charge on any atom is 0.254 e. The van der Waals surface area contributed by atoms with Gasteiger partial charge < -0.3 is 9.80 Å². The topological polar surface area (TPSA) is 68.4 Å². The van der Waals surface area contributed by atoms with Gasteiger partial charge in [-0.3, -0.25) is 9.69 Å². The number of hydrogen-bond donors (Lipinski definition) is 1. The molecule has 1 N–H and O–H groups in total. The first-order chi connectivity index (χ1) is 12.3. The highest BCUT2D eigenvalue weighted by Gasteiger charge is 2.38. The number of carbonyl (C=O) groups excluding carboxylic acids is 1. The van der Waals surface area contributed by atoms with Gasteiger partial charge in [-0.1, -0.05) is 0 Å². The zero-order valence-corrected chi connectivity index (χ0v) is 14.4. The summed E-state index contributed by atoms with van der Waals surface area (Å²) >= 11 is 0. The van der Waals surface area contributed by atoms with Crippen LogP contribution < -0.4 is 0 Å². The molecule has 7 heteroatoms. The number of nitrogens with one attached hydrogen (secondary N) is 1. The van der Waals surface area contributed by atoms with E-state index in [1.54, 1.807) is 0 Å². The first-order valence-corrected chi connectivity index (χ1v) is 9.34. The third-order valence-corrected chi connectivity index (χ3v) is 6.26. The third-order valence-electron chi connectivity index (χ3n) is 6.26. The zero-order chi connectivity index (χ0) is 16.8. The van der Waals surface area contributed by atoms with Crippen LogP contribution in [0.5, 0.6) is 0 Å². The van der Waals surface area contributed by atoms with Crippen molar-refractivity contribution in [2.24, 2.45) is 5.92 Å². The predicted octanol–water partition coefficient (Wildman–Crippen LogP) is 0.810. The van der Waals surface area contributed by atoms with Crippen LogP contribution in [0.25, 0.3) is 11.0 Å². The van der Waals surface area contributed by atoms with Crippen LogP contribution in [0.15, 0.2) is 18.2 Å². The Morgan fingerprint density at radius 3 is 2.48 bits per heavy atom. The molecule has 6 rings (SSSR count). The Bertz CT molecular complexity index is 773. The average Bonchev–Trinajstić information content (AvgIpc) is 3.16. The number of hydrogen-bond acceptors (Lipinski definition) is 5. The normalized spacial score (nSPS) is 30.1. The second kappa shape index (κ2) is 6.07. The van der Waals surface area contributed by atoms with Crippen LogP contribution in [0.1, 0.15) is 23.2 Å². The number of H-pyrrole nitrogens is 1. The van der Waals surface area contributed by atoms with E-state index < -0.39 is 0 Å². The number of nitrogens with zero attached hydrogens (tertiary/aromatic N) is 5. The summed E-state index contributed by atoms with van der Waals surface area (Å²) in [7, 11) is 0. The molecule has 1 aromatic heterocycles. The van der Waals surface area contributed by atoms with Crippen LogP contribution in [0, 0.1) is 5.92 Å². The van der Waals surface area contributed by atoms with E-state index in [1.807, 2.05) is 23.1 Å². The van der Waals surface area contributed by atoms with E-state index in [4.69, 9.17) is 0 Å². The molecule has 0 spiro atoms. The average molecular weight is 340 g/mol. The van der Waals surface area contributed by atoms with E-state index in [-0.39, 0.29) is 5.91 Å². The quantitative estimate of drug-likeness (QED) is 0.876. The lowest BCUT2D eigenvalue weighted by atomic mass is 9.83. The van der Waals surface area contributed by atoms with Crippen molar-refractivity contribution < 1.29 is 4.79 Å². The monoisotopic (exact) mass is 340 g/mol. The minimum atomic E-state index is 0.110. The maximum atomic E-state index is 12.8. The van der Waals surface area contributed by atoms with Gasteiger partial charge in [-0.05, 0) is 50.0 Å². The smallest absolute Gasteiger partial charge is 0.254 e. The molecule has 2 aromatic rings. The van der Waals surface area contributed by atoms with Gasteiger partial charge in [-0.2, -0.15) is 15.4 Å². The van der Waals surface area contributed by atoms with Gasteiger partial charge in [0.1, 0.15) is 11.0 Å². The van der Waals surface area contributed by atoms with Gasteiger partial charge in [0.25, 0.3) is 5.91 Å². The van der Waals surface area contributed by atoms with Gasteiger partial charge in [0.05, 0.1) is 0 Å². The Kier molecular flexibility index (Phi) is 3.71. The Hall–Kier alpha value is -1.99. The number of benzene rings is 1. The standard InChI is InChI=1S/C18H24N6O/c25-18(14-1-2-15-16(11-14)20-21-19-15)24-9-7-23(8-10-24)17-12-22-5-3-13(17)4-6-22/h1-2,11,13,17H,3-10,12H2,(H,19,20,21). The fourth-order valence-corrected chi connectivity index (χ4v) is 4.76. The number of aromatic amines is 1. The fourth-order valence-electron chi connectivity index (χ4n) is 4.76. The summed E-state index contributed by atoms with van der Waals surface area (Å²) in [6, 6.07) is 6.25. The predicted molar refractivity (Wildman–Crippen MR) is 94.3 cm³/mol. The second-order valence-electron chi connectivity index (χ2n) is 7.56. The Morgan fingerprint density at radius 1 is 1.00 bits per heavy atom. The van der Waals surface area contributed by atoms with Crippen molar-refractivity contribution in [3.05, 3.63) is 23.8 Å². The first kappa shape index (κ1) is 15.3. The van der Waals surface area contributed by atoms with E-state index in [9.17, 15) is 4.79 Å². The molecule has 132 valence electrons. The SMILES string of the molecule is O=C(c1ccc2n[nH]nc2c1)N1CCN(C2CN3CCC2CC3)CC1. The summed E-state index contributed by atoms with van der Waals surface area (Å²) in [5.74, 6) is 0.972. The van der Waals surface area contributed by atoms with E-state index in [1.165, 1.54) is 32.5 Å². The van der Waals surface area contributed by atoms with Gasteiger partial charge in [0, 0.05) is 44.3 Å². The Balaban J connectivity index is 1.24. The molecule has 25 heavy (non-hydrogen) atoms. The lowest BCUT2D eigenvalue weighted by Gasteiger charge is -2.51. The van der Waals surface area contributed by atoms with E-state index in [2.05, 4.69) is 25.2 Å². The molecule has 4 saturated heterocycles. The number of piperidine rings is 3. The molecule has 5 heterocycles. The number of piperazine rings is 1. The summed E-state index contributed by atoms with van der Waals surface area (Å²) in [4.78, 5) is 20.0. The molecule has 0 aliphatic carbocycles. The lowest BCUT2D eigenvalue weighted by Crippen LogP contribution is -2.61. The Morgan fingerprint density at radius 2 is 1.76 bits per heavy atom. The summed E-state index contributed by atoms with van der Waals surface area (Å²) in [6.45, 7) is 7.41. The van der Waals surface area contributed by atoms with Gasteiger partial charge in [0.2, 0.25) is 0 Å². The molecular formula is C18H24N6O. The highest BCUT2D eigenvalue weighted by Crippen LogP contribution is 2.31. The summed E-state index contributed by atoms with van der Waals surface area (Å²) in [5.41, 5.74) is 2.25. The molecule has 1 unspecified atom stereocenters. The van der Waals surface area contributed by atoms with Crippen molar-refractivity contribution in [3.63, 3.8) is 0 Å². The van der Waals surface area contributed by atoms with Crippen molar-refractivity contribution in [1.82, 2.24) is 30.1 Å². The van der Waals surface area contributed by atoms with Gasteiger partial charge in [-0.15, -0.1) is 0 Å². The summed E-state index contributed by atoms with van der Waals surface area (Å²) < 4.78 is 0.